The van der Waals surface area contributed by atoms with E-state index in [1.807, 2.05) is 35.2 Å². The van der Waals surface area contributed by atoms with Gasteiger partial charge in [-0.3, -0.25) is 4.79 Å². The highest BCUT2D eigenvalue weighted by Crippen LogP contribution is 2.38. The van der Waals surface area contributed by atoms with Gasteiger partial charge in [-0.25, -0.2) is 9.97 Å². The highest BCUT2D eigenvalue weighted by Gasteiger charge is 2.49. The number of piperidine rings is 1. The van der Waals surface area contributed by atoms with Crippen LogP contribution in [0.25, 0.3) is 0 Å². The van der Waals surface area contributed by atoms with Gasteiger partial charge in [-0.15, -0.1) is 0 Å². The molecule has 1 aliphatic heterocycles. The summed E-state index contributed by atoms with van der Waals surface area (Å²) in [4.78, 5) is 22.2. The minimum Gasteiger partial charge on any atom is -0.481 e. The molecule has 1 aliphatic rings. The lowest BCUT2D eigenvalue weighted by Crippen LogP contribution is -2.56. The summed E-state index contributed by atoms with van der Waals surface area (Å²) >= 11 is 0. The molecule has 2 aromatic rings. The fourth-order valence-corrected chi connectivity index (χ4v) is 3.34. The highest BCUT2D eigenvalue weighted by molar-refractivity contribution is 5.76. The van der Waals surface area contributed by atoms with Gasteiger partial charge in [0.2, 0.25) is 0 Å². The van der Waals surface area contributed by atoms with Crippen LogP contribution in [0.4, 0.5) is 5.82 Å². The number of carboxylic acid groups (broad SMARTS) is 1. The van der Waals surface area contributed by atoms with Gasteiger partial charge in [0.15, 0.2) is 5.82 Å². The molecule has 0 aliphatic carbocycles. The lowest BCUT2D eigenvalue weighted by molar-refractivity contribution is -0.158. The summed E-state index contributed by atoms with van der Waals surface area (Å²) in [6.45, 7) is 0.611. The number of methoxy groups -OCH3 is 1. The molecule has 0 saturated carbocycles. The SMILES string of the molecule is COc1nccnc1N1CC[C@](Cc2ccccc2)(C(=O)O)[C@@H](O)C1. The van der Waals surface area contributed by atoms with Crippen LogP contribution in [0.2, 0.25) is 0 Å². The van der Waals surface area contributed by atoms with Crippen LogP contribution >= 0.6 is 0 Å². The Bertz CT molecular complexity index is 740. The number of benzene rings is 1. The lowest BCUT2D eigenvalue weighted by atomic mass is 9.71. The molecule has 2 N–H and O–H groups in total. The number of ether oxygens (including phenoxy) is 1. The number of carboxylic acids is 1. The van der Waals surface area contributed by atoms with Crippen molar-refractivity contribution in [2.24, 2.45) is 5.41 Å². The summed E-state index contributed by atoms with van der Waals surface area (Å²) in [7, 11) is 1.50. The van der Waals surface area contributed by atoms with E-state index < -0.39 is 17.5 Å². The summed E-state index contributed by atoms with van der Waals surface area (Å²) in [6.07, 6.45) is 2.63. The van der Waals surface area contributed by atoms with Crippen molar-refractivity contribution in [3.05, 3.63) is 48.3 Å². The van der Waals surface area contributed by atoms with Crippen molar-refractivity contribution >= 4 is 11.8 Å². The molecule has 7 heteroatoms. The molecular formula is C18H21N3O4. The van der Waals surface area contributed by atoms with E-state index in [9.17, 15) is 15.0 Å². The van der Waals surface area contributed by atoms with E-state index in [0.717, 1.165) is 5.56 Å². The number of aromatic nitrogens is 2. The van der Waals surface area contributed by atoms with E-state index in [1.165, 1.54) is 13.3 Å². The molecule has 1 aromatic heterocycles. The fraction of sp³-hybridized carbons (Fsp3) is 0.389. The van der Waals surface area contributed by atoms with Crippen molar-refractivity contribution in [3.63, 3.8) is 0 Å². The number of rotatable bonds is 5. The molecule has 25 heavy (non-hydrogen) atoms. The maximum absolute atomic E-state index is 12.0. The number of β-amino-alcohol motifs (C(OH)–C–C–N with tert-alkyl or cyclic N) is 1. The van der Waals surface area contributed by atoms with Crippen molar-refractivity contribution in [1.82, 2.24) is 9.97 Å². The summed E-state index contributed by atoms with van der Waals surface area (Å²) in [5, 5.41) is 20.6. The van der Waals surface area contributed by atoms with Crippen molar-refractivity contribution in [2.75, 3.05) is 25.1 Å². The van der Waals surface area contributed by atoms with Crippen LogP contribution in [-0.2, 0) is 11.2 Å². The van der Waals surface area contributed by atoms with Gasteiger partial charge in [-0.05, 0) is 18.4 Å². The van der Waals surface area contributed by atoms with Gasteiger partial charge in [0.05, 0.1) is 13.2 Å². The topological polar surface area (TPSA) is 95.8 Å². The van der Waals surface area contributed by atoms with Crippen LogP contribution in [0.1, 0.15) is 12.0 Å². The van der Waals surface area contributed by atoms with Crippen molar-refractivity contribution in [1.29, 1.82) is 0 Å². The van der Waals surface area contributed by atoms with Crippen LogP contribution in [0.3, 0.4) is 0 Å². The second-order valence-corrected chi connectivity index (χ2v) is 6.22. The molecule has 0 radical (unpaired) electrons. The number of carbonyl (C=O) groups is 1. The van der Waals surface area contributed by atoms with Gasteiger partial charge >= 0.3 is 5.97 Å². The monoisotopic (exact) mass is 343 g/mol. The number of aliphatic hydroxyl groups is 1. The van der Waals surface area contributed by atoms with Crippen molar-refractivity contribution < 1.29 is 19.7 Å². The van der Waals surface area contributed by atoms with Crippen LogP contribution in [0.5, 0.6) is 5.88 Å². The van der Waals surface area contributed by atoms with Gasteiger partial charge in [0.1, 0.15) is 5.41 Å². The molecular weight excluding hydrogens is 322 g/mol. The average Bonchev–Trinajstić information content (AvgIpc) is 2.64. The van der Waals surface area contributed by atoms with Gasteiger partial charge in [-0.2, -0.15) is 0 Å². The summed E-state index contributed by atoms with van der Waals surface area (Å²) in [6, 6.07) is 9.40. The smallest absolute Gasteiger partial charge is 0.312 e. The first-order chi connectivity index (χ1) is 12.1. The molecule has 132 valence electrons. The summed E-state index contributed by atoms with van der Waals surface area (Å²) in [5.41, 5.74) is -0.317. The van der Waals surface area contributed by atoms with E-state index in [4.69, 9.17) is 4.74 Å². The van der Waals surface area contributed by atoms with Crippen molar-refractivity contribution in [3.8, 4) is 5.88 Å². The van der Waals surface area contributed by atoms with Crippen molar-refractivity contribution in [2.45, 2.75) is 18.9 Å². The molecule has 2 heterocycles. The average molecular weight is 343 g/mol. The third-order valence-electron chi connectivity index (χ3n) is 4.79. The zero-order chi connectivity index (χ0) is 17.9. The Balaban J connectivity index is 1.84. The van der Waals surface area contributed by atoms with E-state index in [0.29, 0.717) is 24.7 Å². The Morgan fingerprint density at radius 2 is 2.04 bits per heavy atom. The number of aliphatic hydroxyl groups excluding tert-OH is 1. The van der Waals surface area contributed by atoms with Crippen LogP contribution in [-0.4, -0.2) is 52.5 Å². The van der Waals surface area contributed by atoms with E-state index >= 15 is 0 Å². The molecule has 7 nitrogen and oxygen atoms in total. The Hall–Kier alpha value is -2.67. The largest absolute Gasteiger partial charge is 0.481 e. The van der Waals surface area contributed by atoms with E-state index in [1.54, 1.807) is 6.20 Å². The quantitative estimate of drug-likeness (QED) is 0.846. The van der Waals surface area contributed by atoms with Gasteiger partial charge in [0, 0.05) is 25.5 Å². The zero-order valence-corrected chi connectivity index (χ0v) is 14.0. The Labute approximate surface area is 145 Å². The summed E-state index contributed by atoms with van der Waals surface area (Å²) < 4.78 is 5.22. The Morgan fingerprint density at radius 3 is 2.68 bits per heavy atom. The first kappa shape index (κ1) is 17.2. The minimum absolute atomic E-state index is 0.161. The van der Waals surface area contributed by atoms with E-state index in [-0.39, 0.29) is 13.0 Å². The molecule has 0 amide bonds. The van der Waals surface area contributed by atoms with E-state index in [2.05, 4.69) is 9.97 Å². The molecule has 2 atom stereocenters. The van der Waals surface area contributed by atoms with Gasteiger partial charge < -0.3 is 19.8 Å². The van der Waals surface area contributed by atoms with Crippen LogP contribution in [0, 0.1) is 5.41 Å². The number of hydrogen-bond donors (Lipinski definition) is 2. The first-order valence-electron chi connectivity index (χ1n) is 8.12. The third kappa shape index (κ3) is 3.28. The standard InChI is InChI=1S/C18H21N3O4/c1-25-16-15(19-8-9-20-16)21-10-7-18(17(23)24,14(22)12-21)11-13-5-3-2-4-6-13/h2-6,8-9,14,22H,7,10-12H2,1H3,(H,23,24)/t14-,18+/m0/s1. The molecule has 0 unspecified atom stereocenters. The summed E-state index contributed by atoms with van der Waals surface area (Å²) in [5.74, 6) is -0.0991. The molecule has 1 aromatic carbocycles. The second kappa shape index (κ2) is 7.06. The maximum atomic E-state index is 12.0. The number of nitrogens with zero attached hydrogens (tertiary/aromatic N) is 3. The van der Waals surface area contributed by atoms with Gasteiger partial charge in [0.25, 0.3) is 5.88 Å². The maximum Gasteiger partial charge on any atom is 0.312 e. The number of anilines is 1. The fourth-order valence-electron chi connectivity index (χ4n) is 3.34. The predicted molar refractivity (Wildman–Crippen MR) is 91.6 cm³/mol. The Morgan fingerprint density at radius 1 is 1.32 bits per heavy atom. The Kier molecular flexibility index (Phi) is 4.85. The second-order valence-electron chi connectivity index (χ2n) is 6.22. The molecule has 0 bridgehead atoms. The minimum atomic E-state index is -1.21. The van der Waals surface area contributed by atoms with Crippen LogP contribution < -0.4 is 9.64 Å². The number of hydrogen-bond acceptors (Lipinski definition) is 6. The molecule has 0 spiro atoms. The van der Waals surface area contributed by atoms with Gasteiger partial charge in [-0.1, -0.05) is 30.3 Å². The van der Waals surface area contributed by atoms with Crippen LogP contribution in [0.15, 0.2) is 42.7 Å². The normalized spacial score (nSPS) is 23.3. The molecule has 1 saturated heterocycles. The number of aliphatic carboxylic acids is 1. The molecule has 3 rings (SSSR count). The first-order valence-corrected chi connectivity index (χ1v) is 8.12. The lowest BCUT2D eigenvalue weighted by Gasteiger charge is -2.43. The third-order valence-corrected chi connectivity index (χ3v) is 4.79. The molecule has 1 fully saturated rings. The predicted octanol–water partition coefficient (Wildman–Crippen LogP) is 1.37. The highest BCUT2D eigenvalue weighted by atomic mass is 16.5. The zero-order valence-electron chi connectivity index (χ0n) is 14.0.